The first-order valence-electron chi connectivity index (χ1n) is 7.22. The summed E-state index contributed by atoms with van der Waals surface area (Å²) < 4.78 is 5.81. The molecule has 3 heteroatoms. The quantitative estimate of drug-likeness (QED) is 0.755. The molecule has 0 saturated heterocycles. The molecule has 0 aliphatic carbocycles. The fourth-order valence-corrected chi connectivity index (χ4v) is 2.67. The van der Waals surface area contributed by atoms with Gasteiger partial charge in [-0.3, -0.25) is 0 Å². The molecule has 3 nitrogen and oxygen atoms in total. The standard InChI is InChI=1S/C18H19NO2/c19-12-16(20)18-15(11-10-13-6-2-1-3-7-13)14-8-4-5-9-17(14)21-18/h1-9,16,20H,10-12,19H2. The predicted molar refractivity (Wildman–Crippen MR) is 84.1 cm³/mol. The van der Waals surface area contributed by atoms with Crippen molar-refractivity contribution in [3.05, 3.63) is 71.5 Å². The number of fused-ring (bicyclic) bond motifs is 1. The molecule has 1 aromatic heterocycles. The monoisotopic (exact) mass is 281 g/mol. The summed E-state index contributed by atoms with van der Waals surface area (Å²) >= 11 is 0. The Balaban J connectivity index is 1.95. The summed E-state index contributed by atoms with van der Waals surface area (Å²) in [6, 6.07) is 18.2. The van der Waals surface area contributed by atoms with Crippen LogP contribution in [-0.4, -0.2) is 11.7 Å². The molecule has 3 aromatic rings. The molecule has 1 atom stereocenters. The molecule has 0 aliphatic rings. The fourth-order valence-electron chi connectivity index (χ4n) is 2.67. The highest BCUT2D eigenvalue weighted by molar-refractivity contribution is 5.82. The van der Waals surface area contributed by atoms with Crippen LogP contribution in [0, 0.1) is 0 Å². The van der Waals surface area contributed by atoms with Crippen molar-refractivity contribution in [2.24, 2.45) is 5.73 Å². The Morgan fingerprint density at radius 2 is 1.67 bits per heavy atom. The number of aryl methyl sites for hydroxylation is 2. The third-order valence-corrected chi connectivity index (χ3v) is 3.76. The molecule has 0 aliphatic heterocycles. The molecule has 3 N–H and O–H groups in total. The van der Waals surface area contributed by atoms with E-state index in [4.69, 9.17) is 10.2 Å². The highest BCUT2D eigenvalue weighted by atomic mass is 16.4. The number of hydrogen-bond donors (Lipinski definition) is 2. The van der Waals surface area contributed by atoms with Crippen LogP contribution in [0.2, 0.25) is 0 Å². The van der Waals surface area contributed by atoms with Crippen molar-refractivity contribution in [1.82, 2.24) is 0 Å². The van der Waals surface area contributed by atoms with Crippen LogP contribution in [0.1, 0.15) is 23.0 Å². The zero-order valence-electron chi connectivity index (χ0n) is 11.8. The molecule has 21 heavy (non-hydrogen) atoms. The van der Waals surface area contributed by atoms with Crippen LogP contribution in [0.15, 0.2) is 59.0 Å². The molecule has 0 amide bonds. The third kappa shape index (κ3) is 2.84. The van der Waals surface area contributed by atoms with Crippen LogP contribution >= 0.6 is 0 Å². The Labute approximate surface area is 124 Å². The van der Waals surface area contributed by atoms with Crippen molar-refractivity contribution in [3.8, 4) is 0 Å². The second-order valence-electron chi connectivity index (χ2n) is 5.18. The molecule has 0 fully saturated rings. The molecule has 0 bridgehead atoms. The largest absolute Gasteiger partial charge is 0.458 e. The maximum atomic E-state index is 10.1. The Morgan fingerprint density at radius 3 is 2.43 bits per heavy atom. The number of aliphatic hydroxyl groups is 1. The van der Waals surface area contributed by atoms with Gasteiger partial charge >= 0.3 is 0 Å². The Hall–Kier alpha value is -2.10. The smallest absolute Gasteiger partial charge is 0.138 e. The minimum absolute atomic E-state index is 0.165. The van der Waals surface area contributed by atoms with E-state index >= 15 is 0 Å². The average Bonchev–Trinajstić information content (AvgIpc) is 2.92. The summed E-state index contributed by atoms with van der Waals surface area (Å²) in [5.41, 5.74) is 8.74. The molecule has 0 radical (unpaired) electrons. The number of hydrogen-bond acceptors (Lipinski definition) is 3. The zero-order valence-corrected chi connectivity index (χ0v) is 11.8. The zero-order chi connectivity index (χ0) is 14.7. The van der Waals surface area contributed by atoms with Gasteiger partial charge in [0.1, 0.15) is 17.4 Å². The minimum Gasteiger partial charge on any atom is -0.458 e. The molecule has 2 aromatic carbocycles. The first kappa shape index (κ1) is 13.9. The minimum atomic E-state index is -0.747. The maximum Gasteiger partial charge on any atom is 0.138 e. The first-order valence-corrected chi connectivity index (χ1v) is 7.22. The van der Waals surface area contributed by atoms with E-state index in [2.05, 4.69) is 12.1 Å². The van der Waals surface area contributed by atoms with Gasteiger partial charge in [0.05, 0.1) is 0 Å². The summed E-state index contributed by atoms with van der Waals surface area (Å²) in [6.45, 7) is 0.165. The van der Waals surface area contributed by atoms with Crippen molar-refractivity contribution in [3.63, 3.8) is 0 Å². The Kier molecular flexibility index (Phi) is 4.04. The number of para-hydroxylation sites is 1. The lowest BCUT2D eigenvalue weighted by atomic mass is 10.00. The van der Waals surface area contributed by atoms with E-state index in [1.54, 1.807) is 0 Å². The molecule has 3 rings (SSSR count). The number of furan rings is 1. The van der Waals surface area contributed by atoms with Gasteiger partial charge in [-0.2, -0.15) is 0 Å². The first-order chi connectivity index (χ1) is 10.3. The van der Waals surface area contributed by atoms with Crippen LogP contribution in [0.4, 0.5) is 0 Å². The molecule has 108 valence electrons. The molecule has 1 heterocycles. The van der Waals surface area contributed by atoms with Gasteiger partial charge in [-0.1, -0.05) is 48.5 Å². The van der Waals surface area contributed by atoms with E-state index in [9.17, 15) is 5.11 Å². The van der Waals surface area contributed by atoms with Crippen molar-refractivity contribution >= 4 is 11.0 Å². The second-order valence-corrected chi connectivity index (χ2v) is 5.18. The summed E-state index contributed by atoms with van der Waals surface area (Å²) in [5.74, 6) is 0.606. The lowest BCUT2D eigenvalue weighted by Gasteiger charge is -2.08. The molecule has 0 saturated carbocycles. The summed E-state index contributed by atoms with van der Waals surface area (Å²) in [5, 5.41) is 11.2. The van der Waals surface area contributed by atoms with Gasteiger partial charge in [0.15, 0.2) is 0 Å². The van der Waals surface area contributed by atoms with Gasteiger partial charge in [-0.05, 0) is 24.5 Å². The van der Waals surface area contributed by atoms with Crippen molar-refractivity contribution in [2.75, 3.05) is 6.54 Å². The van der Waals surface area contributed by atoms with Gasteiger partial charge in [0.2, 0.25) is 0 Å². The van der Waals surface area contributed by atoms with E-state index in [0.29, 0.717) is 5.76 Å². The average molecular weight is 281 g/mol. The van der Waals surface area contributed by atoms with Gasteiger partial charge in [0.25, 0.3) is 0 Å². The highest BCUT2D eigenvalue weighted by Gasteiger charge is 2.19. The van der Waals surface area contributed by atoms with Crippen LogP contribution in [0.25, 0.3) is 11.0 Å². The Bertz CT molecular complexity index is 718. The molecule has 1 unspecified atom stereocenters. The van der Waals surface area contributed by atoms with Gasteiger partial charge in [0, 0.05) is 17.5 Å². The number of rotatable bonds is 5. The van der Waals surface area contributed by atoms with E-state index in [-0.39, 0.29) is 6.54 Å². The molecular weight excluding hydrogens is 262 g/mol. The third-order valence-electron chi connectivity index (χ3n) is 3.76. The van der Waals surface area contributed by atoms with Gasteiger partial charge < -0.3 is 15.3 Å². The van der Waals surface area contributed by atoms with E-state index in [0.717, 1.165) is 29.4 Å². The summed E-state index contributed by atoms with van der Waals surface area (Å²) in [7, 11) is 0. The van der Waals surface area contributed by atoms with Crippen molar-refractivity contribution in [1.29, 1.82) is 0 Å². The van der Waals surface area contributed by atoms with Crippen LogP contribution in [0.5, 0.6) is 0 Å². The number of aliphatic hydroxyl groups excluding tert-OH is 1. The van der Waals surface area contributed by atoms with Crippen LogP contribution < -0.4 is 5.73 Å². The van der Waals surface area contributed by atoms with E-state index < -0.39 is 6.10 Å². The van der Waals surface area contributed by atoms with Crippen molar-refractivity contribution in [2.45, 2.75) is 18.9 Å². The molecule has 0 spiro atoms. The van der Waals surface area contributed by atoms with Crippen LogP contribution in [0.3, 0.4) is 0 Å². The lowest BCUT2D eigenvalue weighted by molar-refractivity contribution is 0.159. The topological polar surface area (TPSA) is 59.4 Å². The summed E-state index contributed by atoms with van der Waals surface area (Å²) in [4.78, 5) is 0. The second kappa shape index (κ2) is 6.12. The van der Waals surface area contributed by atoms with Gasteiger partial charge in [-0.25, -0.2) is 0 Å². The maximum absolute atomic E-state index is 10.1. The number of nitrogens with two attached hydrogens (primary N) is 1. The Morgan fingerprint density at radius 1 is 0.952 bits per heavy atom. The summed E-state index contributed by atoms with van der Waals surface area (Å²) in [6.07, 6.45) is 0.991. The molecular formula is C18H19NO2. The normalized spacial score (nSPS) is 12.7. The predicted octanol–water partition coefficient (Wildman–Crippen LogP) is 3.21. The fraction of sp³-hybridized carbons (Fsp3) is 0.222. The highest BCUT2D eigenvalue weighted by Crippen LogP contribution is 2.30. The van der Waals surface area contributed by atoms with E-state index in [1.807, 2.05) is 42.5 Å². The van der Waals surface area contributed by atoms with Crippen LogP contribution in [-0.2, 0) is 12.8 Å². The lowest BCUT2D eigenvalue weighted by Crippen LogP contribution is -2.12. The van der Waals surface area contributed by atoms with Crippen molar-refractivity contribution < 1.29 is 9.52 Å². The SMILES string of the molecule is NCC(O)c1oc2ccccc2c1CCc1ccccc1. The number of benzene rings is 2. The van der Waals surface area contributed by atoms with Gasteiger partial charge in [-0.15, -0.1) is 0 Å². The van der Waals surface area contributed by atoms with E-state index in [1.165, 1.54) is 5.56 Å².